The van der Waals surface area contributed by atoms with Crippen LogP contribution in [0.2, 0.25) is 0 Å². The quantitative estimate of drug-likeness (QED) is 0.513. The lowest BCUT2D eigenvalue weighted by atomic mass is 9.77. The van der Waals surface area contributed by atoms with Gasteiger partial charge in [0.1, 0.15) is 0 Å². The third-order valence-electron chi connectivity index (χ3n) is 4.07. The maximum absolute atomic E-state index is 12.8. The van der Waals surface area contributed by atoms with Crippen molar-refractivity contribution in [1.82, 2.24) is 4.90 Å². The molecule has 5 heteroatoms. The van der Waals surface area contributed by atoms with E-state index in [1.165, 1.54) is 0 Å². The van der Waals surface area contributed by atoms with Crippen molar-refractivity contribution in [3.05, 3.63) is 35.4 Å². The molecule has 0 aromatic heterocycles. The third kappa shape index (κ3) is 5.06. The molecule has 1 rings (SSSR count). The number of esters is 2. The Bertz CT molecular complexity index is 536. The Morgan fingerprint density at radius 1 is 1.04 bits per heavy atom. The number of carbonyl (C=O) groups is 2. The fraction of sp³-hybridized carbons (Fsp3) is 0.579. The molecular formula is C19H29NO4. The Morgan fingerprint density at radius 3 is 2.04 bits per heavy atom. The molecule has 0 aliphatic heterocycles. The fourth-order valence-electron chi connectivity index (χ4n) is 2.61. The van der Waals surface area contributed by atoms with Gasteiger partial charge in [0, 0.05) is 0 Å². The summed E-state index contributed by atoms with van der Waals surface area (Å²) in [5, 5.41) is 0. The standard InChI is InChI=1S/C19H29NO4/c1-6-23-17(21)19(12-13-20(4)5,18(22)24-7-2)14-16-11-9-8-10-15(16)3/h8-11H,6-7,12-14H2,1-5H3. The second-order valence-corrected chi connectivity index (χ2v) is 6.18. The normalized spacial score (nSPS) is 11.4. The van der Waals surface area contributed by atoms with E-state index in [0.717, 1.165) is 11.1 Å². The van der Waals surface area contributed by atoms with Crippen LogP contribution in [0.3, 0.4) is 0 Å². The summed E-state index contributed by atoms with van der Waals surface area (Å²) in [6.07, 6.45) is 0.636. The molecule has 0 saturated heterocycles. The van der Waals surface area contributed by atoms with E-state index in [9.17, 15) is 9.59 Å². The minimum Gasteiger partial charge on any atom is -0.465 e. The number of hydrogen-bond donors (Lipinski definition) is 0. The van der Waals surface area contributed by atoms with Gasteiger partial charge in [0.05, 0.1) is 13.2 Å². The van der Waals surface area contributed by atoms with Gasteiger partial charge in [-0.25, -0.2) is 0 Å². The molecular weight excluding hydrogens is 306 g/mol. The summed E-state index contributed by atoms with van der Waals surface area (Å²) >= 11 is 0. The van der Waals surface area contributed by atoms with Crippen molar-refractivity contribution in [2.24, 2.45) is 5.41 Å². The molecule has 0 atom stereocenters. The van der Waals surface area contributed by atoms with Crippen molar-refractivity contribution in [3.8, 4) is 0 Å². The lowest BCUT2D eigenvalue weighted by molar-refractivity contribution is -0.173. The van der Waals surface area contributed by atoms with Crippen molar-refractivity contribution >= 4 is 11.9 Å². The summed E-state index contributed by atoms with van der Waals surface area (Å²) in [5.41, 5.74) is 0.681. The van der Waals surface area contributed by atoms with Crippen LogP contribution < -0.4 is 0 Å². The SMILES string of the molecule is CCOC(=O)C(CCN(C)C)(Cc1ccccc1C)C(=O)OCC. The zero-order chi connectivity index (χ0) is 18.2. The average molecular weight is 335 g/mol. The van der Waals surface area contributed by atoms with Crippen molar-refractivity contribution in [2.45, 2.75) is 33.6 Å². The van der Waals surface area contributed by atoms with Crippen molar-refractivity contribution in [3.63, 3.8) is 0 Å². The molecule has 0 saturated carbocycles. The van der Waals surface area contributed by atoms with Crippen LogP contribution >= 0.6 is 0 Å². The van der Waals surface area contributed by atoms with Crippen LogP contribution in [0.5, 0.6) is 0 Å². The van der Waals surface area contributed by atoms with Gasteiger partial charge in [-0.1, -0.05) is 24.3 Å². The van der Waals surface area contributed by atoms with Gasteiger partial charge in [0.2, 0.25) is 0 Å². The van der Waals surface area contributed by atoms with E-state index in [-0.39, 0.29) is 19.6 Å². The molecule has 0 aliphatic rings. The van der Waals surface area contributed by atoms with Crippen LogP contribution in [0.25, 0.3) is 0 Å². The van der Waals surface area contributed by atoms with Gasteiger partial charge in [0.15, 0.2) is 5.41 Å². The second kappa shape index (κ2) is 9.42. The maximum Gasteiger partial charge on any atom is 0.323 e. The van der Waals surface area contributed by atoms with Gasteiger partial charge in [0.25, 0.3) is 0 Å². The van der Waals surface area contributed by atoms with E-state index in [2.05, 4.69) is 0 Å². The first kappa shape index (κ1) is 20.2. The van der Waals surface area contributed by atoms with Crippen molar-refractivity contribution in [2.75, 3.05) is 33.9 Å². The molecule has 0 heterocycles. The number of hydrogen-bond acceptors (Lipinski definition) is 5. The number of carbonyl (C=O) groups excluding carboxylic acids is 2. The number of ether oxygens (including phenoxy) is 2. The van der Waals surface area contributed by atoms with E-state index in [0.29, 0.717) is 13.0 Å². The number of nitrogens with zero attached hydrogens (tertiary/aromatic N) is 1. The van der Waals surface area contributed by atoms with Gasteiger partial charge in [-0.3, -0.25) is 9.59 Å². The molecule has 0 bridgehead atoms. The van der Waals surface area contributed by atoms with Crippen LogP contribution in [0.1, 0.15) is 31.4 Å². The van der Waals surface area contributed by atoms with Crippen LogP contribution in [0.15, 0.2) is 24.3 Å². The van der Waals surface area contributed by atoms with Gasteiger partial charge in [-0.2, -0.15) is 0 Å². The van der Waals surface area contributed by atoms with Gasteiger partial charge >= 0.3 is 11.9 Å². The van der Waals surface area contributed by atoms with Crippen LogP contribution in [-0.2, 0) is 25.5 Å². The highest BCUT2D eigenvalue weighted by atomic mass is 16.6. The van der Waals surface area contributed by atoms with Crippen LogP contribution in [-0.4, -0.2) is 50.7 Å². The van der Waals surface area contributed by atoms with E-state index in [4.69, 9.17) is 9.47 Å². The zero-order valence-corrected chi connectivity index (χ0v) is 15.4. The maximum atomic E-state index is 12.8. The van der Waals surface area contributed by atoms with Crippen LogP contribution in [0, 0.1) is 12.3 Å². The summed E-state index contributed by atoms with van der Waals surface area (Å²) in [7, 11) is 3.82. The highest BCUT2D eigenvalue weighted by Gasteiger charge is 2.48. The fourth-order valence-corrected chi connectivity index (χ4v) is 2.61. The molecule has 134 valence electrons. The molecule has 0 aliphatic carbocycles. The lowest BCUT2D eigenvalue weighted by Gasteiger charge is -2.30. The Balaban J connectivity index is 3.29. The number of rotatable bonds is 9. The third-order valence-corrected chi connectivity index (χ3v) is 4.07. The molecule has 24 heavy (non-hydrogen) atoms. The Morgan fingerprint density at radius 2 is 1.58 bits per heavy atom. The molecule has 0 unspecified atom stereocenters. The predicted molar refractivity (Wildman–Crippen MR) is 93.8 cm³/mol. The summed E-state index contributed by atoms with van der Waals surface area (Å²) in [6, 6.07) is 7.77. The molecule has 0 fully saturated rings. The molecule has 1 aromatic rings. The van der Waals surface area contributed by atoms with Crippen molar-refractivity contribution in [1.29, 1.82) is 0 Å². The molecule has 5 nitrogen and oxygen atoms in total. The summed E-state index contributed by atoms with van der Waals surface area (Å²) in [4.78, 5) is 27.5. The molecule has 0 amide bonds. The topological polar surface area (TPSA) is 55.8 Å². The highest BCUT2D eigenvalue weighted by Crippen LogP contribution is 2.32. The van der Waals surface area contributed by atoms with Crippen molar-refractivity contribution < 1.29 is 19.1 Å². The Kier molecular flexibility index (Phi) is 7.92. The number of benzene rings is 1. The first-order chi connectivity index (χ1) is 11.4. The lowest BCUT2D eigenvalue weighted by Crippen LogP contribution is -2.46. The monoisotopic (exact) mass is 335 g/mol. The average Bonchev–Trinajstić information content (AvgIpc) is 2.53. The number of aryl methyl sites for hydroxylation is 1. The predicted octanol–water partition coefficient (Wildman–Crippen LogP) is 2.60. The van der Waals surface area contributed by atoms with Gasteiger partial charge in [-0.05, 0) is 65.4 Å². The second-order valence-electron chi connectivity index (χ2n) is 6.18. The van der Waals surface area contributed by atoms with E-state index in [1.54, 1.807) is 13.8 Å². The summed E-state index contributed by atoms with van der Waals surface area (Å²) < 4.78 is 10.5. The summed E-state index contributed by atoms with van der Waals surface area (Å²) in [5.74, 6) is -1.01. The Hall–Kier alpha value is -1.88. The van der Waals surface area contributed by atoms with Gasteiger partial charge in [-0.15, -0.1) is 0 Å². The Labute approximate surface area is 144 Å². The smallest absolute Gasteiger partial charge is 0.323 e. The largest absolute Gasteiger partial charge is 0.465 e. The summed E-state index contributed by atoms with van der Waals surface area (Å²) in [6.45, 7) is 6.51. The zero-order valence-electron chi connectivity index (χ0n) is 15.4. The van der Waals surface area contributed by atoms with Gasteiger partial charge < -0.3 is 14.4 Å². The first-order valence-corrected chi connectivity index (χ1v) is 8.41. The minimum absolute atomic E-state index is 0.232. The van der Waals surface area contributed by atoms with E-state index < -0.39 is 17.4 Å². The minimum atomic E-state index is -1.32. The molecule has 0 radical (unpaired) electrons. The van der Waals surface area contributed by atoms with Crippen LogP contribution in [0.4, 0.5) is 0 Å². The van der Waals surface area contributed by atoms with E-state index in [1.807, 2.05) is 50.2 Å². The molecule has 1 aromatic carbocycles. The first-order valence-electron chi connectivity index (χ1n) is 8.41. The highest BCUT2D eigenvalue weighted by molar-refractivity contribution is 6.00. The van der Waals surface area contributed by atoms with E-state index >= 15 is 0 Å². The molecule has 0 N–H and O–H groups in total. The molecule has 0 spiro atoms.